The van der Waals surface area contributed by atoms with Crippen LogP contribution in [0.2, 0.25) is 5.02 Å². The molecule has 7 N–H and O–H groups in total. The molecule has 10 nitrogen and oxygen atoms in total. The maximum absolute atomic E-state index is 13.5. The number of rotatable bonds is 6. The van der Waals surface area contributed by atoms with Crippen LogP contribution in [0.15, 0.2) is 72.8 Å². The molecule has 11 heteroatoms. The van der Waals surface area contributed by atoms with Crippen molar-refractivity contribution < 1.29 is 24.3 Å². The van der Waals surface area contributed by atoms with Gasteiger partial charge in [0.05, 0.1) is 6.54 Å². The zero-order chi connectivity index (χ0) is 28.6. The summed E-state index contributed by atoms with van der Waals surface area (Å²) in [6, 6.07) is 16.8. The third kappa shape index (κ3) is 7.97. The fourth-order valence-electron chi connectivity index (χ4n) is 4.32. The maximum atomic E-state index is 13.5. The van der Waals surface area contributed by atoms with Gasteiger partial charge in [-0.15, -0.1) is 0 Å². The molecule has 0 radical (unpaired) electrons. The number of carbonyl (C=O) groups is 4. The Balaban J connectivity index is 1.61. The van der Waals surface area contributed by atoms with Crippen LogP contribution in [0, 0.1) is 0 Å². The first-order valence-electron chi connectivity index (χ1n) is 12.7. The Bertz CT molecular complexity index is 1320. The second-order valence-corrected chi connectivity index (χ2v) is 10.0. The Morgan fingerprint density at radius 1 is 0.650 bits per heavy atom. The molecule has 3 aromatic rings. The van der Waals surface area contributed by atoms with Crippen molar-refractivity contribution in [3.8, 4) is 5.75 Å². The molecular formula is C29H30ClN5O5. The van der Waals surface area contributed by atoms with E-state index in [0.29, 0.717) is 16.3 Å². The molecule has 208 valence electrons. The second-order valence-electron chi connectivity index (χ2n) is 9.61. The molecule has 0 bridgehead atoms. The zero-order valence-corrected chi connectivity index (χ0v) is 22.3. The summed E-state index contributed by atoms with van der Waals surface area (Å²) < 4.78 is 0. The lowest BCUT2D eigenvalue weighted by atomic mass is 10.0. The van der Waals surface area contributed by atoms with Gasteiger partial charge in [-0.3, -0.25) is 19.2 Å². The van der Waals surface area contributed by atoms with E-state index >= 15 is 0 Å². The number of halogens is 1. The fraction of sp³-hybridized carbons (Fsp3) is 0.241. The van der Waals surface area contributed by atoms with Gasteiger partial charge in [0, 0.05) is 30.0 Å². The summed E-state index contributed by atoms with van der Waals surface area (Å²) in [6.45, 7) is -0.381. The Labute approximate surface area is 236 Å². The number of benzene rings is 3. The van der Waals surface area contributed by atoms with E-state index in [1.54, 1.807) is 60.7 Å². The normalized spacial score (nSPS) is 20.3. The molecule has 0 aromatic heterocycles. The van der Waals surface area contributed by atoms with Gasteiger partial charge >= 0.3 is 0 Å². The van der Waals surface area contributed by atoms with Crippen molar-refractivity contribution in [2.45, 2.75) is 37.4 Å². The average molecular weight is 564 g/mol. The van der Waals surface area contributed by atoms with Gasteiger partial charge in [-0.25, -0.2) is 0 Å². The van der Waals surface area contributed by atoms with E-state index in [1.807, 2.05) is 0 Å². The van der Waals surface area contributed by atoms with Crippen LogP contribution in [0.25, 0.3) is 0 Å². The Hall–Kier alpha value is -4.57. The molecule has 3 aromatic carbocycles. The van der Waals surface area contributed by atoms with Crippen molar-refractivity contribution >= 4 is 40.9 Å². The Morgan fingerprint density at radius 2 is 1.07 bits per heavy atom. The molecule has 0 saturated carbocycles. The van der Waals surface area contributed by atoms with Gasteiger partial charge < -0.3 is 32.1 Å². The van der Waals surface area contributed by atoms with E-state index in [2.05, 4.69) is 21.3 Å². The monoisotopic (exact) mass is 563 g/mol. The van der Waals surface area contributed by atoms with E-state index in [9.17, 15) is 24.3 Å². The molecule has 0 aliphatic carbocycles. The van der Waals surface area contributed by atoms with Crippen LogP contribution in [0.1, 0.15) is 16.7 Å². The molecule has 4 rings (SSSR count). The molecule has 3 atom stereocenters. The summed E-state index contributed by atoms with van der Waals surface area (Å²) in [5.74, 6) is -2.19. The lowest BCUT2D eigenvalue weighted by Crippen LogP contribution is -2.60. The van der Waals surface area contributed by atoms with Crippen LogP contribution in [0.4, 0.5) is 5.69 Å². The number of carbonyl (C=O) groups excluding carboxylic acids is 4. The SMILES string of the molecule is Nc1ccc(C[C@@H]2NC(=O)[C@H](Cc3ccc(O)cc3)NC(=O)[C@H](Cc3ccc(Cl)cc3)NC(=O)CNC2=O)cc1. The quantitative estimate of drug-likeness (QED) is 0.247. The van der Waals surface area contributed by atoms with Gasteiger partial charge in [-0.05, 0) is 53.1 Å². The number of phenolic OH excluding ortho intramolecular Hbond substituents is 1. The predicted octanol–water partition coefficient (Wildman–Crippen LogP) is 1.24. The number of phenols is 1. The molecule has 0 unspecified atom stereocenters. The molecular weight excluding hydrogens is 534 g/mol. The van der Waals surface area contributed by atoms with Crippen LogP contribution in [-0.4, -0.2) is 53.4 Å². The van der Waals surface area contributed by atoms with Gasteiger partial charge in [-0.1, -0.05) is 48.0 Å². The molecule has 1 fully saturated rings. The minimum atomic E-state index is -1.08. The minimum Gasteiger partial charge on any atom is -0.508 e. The number of nitrogens with one attached hydrogen (secondary N) is 4. The molecule has 1 aliphatic heterocycles. The van der Waals surface area contributed by atoms with Crippen molar-refractivity contribution in [1.82, 2.24) is 21.3 Å². The van der Waals surface area contributed by atoms with Crippen molar-refractivity contribution in [2.75, 3.05) is 12.3 Å². The number of nitrogens with two attached hydrogens (primary N) is 1. The van der Waals surface area contributed by atoms with Gasteiger partial charge in [0.2, 0.25) is 23.6 Å². The Morgan fingerprint density at radius 3 is 1.60 bits per heavy atom. The third-order valence-corrected chi connectivity index (χ3v) is 6.74. The van der Waals surface area contributed by atoms with Crippen LogP contribution in [0.3, 0.4) is 0 Å². The van der Waals surface area contributed by atoms with Gasteiger partial charge in [-0.2, -0.15) is 0 Å². The Kier molecular flexibility index (Phi) is 9.23. The number of nitrogen functional groups attached to an aromatic ring is 1. The fourth-order valence-corrected chi connectivity index (χ4v) is 4.45. The van der Waals surface area contributed by atoms with Gasteiger partial charge in [0.25, 0.3) is 0 Å². The molecule has 40 heavy (non-hydrogen) atoms. The molecule has 1 heterocycles. The van der Waals surface area contributed by atoms with Crippen LogP contribution >= 0.6 is 11.6 Å². The highest BCUT2D eigenvalue weighted by atomic mass is 35.5. The van der Waals surface area contributed by atoms with E-state index in [0.717, 1.165) is 11.1 Å². The predicted molar refractivity (Wildman–Crippen MR) is 150 cm³/mol. The maximum Gasteiger partial charge on any atom is 0.243 e. The van der Waals surface area contributed by atoms with Crippen LogP contribution in [-0.2, 0) is 38.4 Å². The summed E-state index contributed by atoms with van der Waals surface area (Å²) in [4.78, 5) is 52.9. The van der Waals surface area contributed by atoms with Crippen molar-refractivity contribution in [1.29, 1.82) is 0 Å². The summed E-state index contributed by atoms with van der Waals surface area (Å²) >= 11 is 5.98. The minimum absolute atomic E-state index is 0.0573. The topological polar surface area (TPSA) is 163 Å². The van der Waals surface area contributed by atoms with Crippen molar-refractivity contribution in [2.24, 2.45) is 0 Å². The first-order chi connectivity index (χ1) is 19.2. The van der Waals surface area contributed by atoms with Crippen LogP contribution in [0.5, 0.6) is 5.75 Å². The first kappa shape index (κ1) is 28.4. The number of aromatic hydroxyl groups is 1. The molecule has 4 amide bonds. The molecule has 0 spiro atoms. The van der Waals surface area contributed by atoms with Crippen LogP contribution < -0.4 is 27.0 Å². The lowest BCUT2D eigenvalue weighted by Gasteiger charge is -2.27. The first-order valence-corrected chi connectivity index (χ1v) is 13.1. The summed E-state index contributed by atoms with van der Waals surface area (Å²) in [6.07, 6.45) is 0.351. The average Bonchev–Trinajstić information content (AvgIpc) is 2.93. The van der Waals surface area contributed by atoms with E-state index in [1.165, 1.54) is 12.1 Å². The van der Waals surface area contributed by atoms with Crippen molar-refractivity contribution in [3.63, 3.8) is 0 Å². The van der Waals surface area contributed by atoms with Crippen molar-refractivity contribution in [3.05, 3.63) is 94.5 Å². The largest absolute Gasteiger partial charge is 0.508 e. The highest BCUT2D eigenvalue weighted by molar-refractivity contribution is 6.30. The smallest absolute Gasteiger partial charge is 0.243 e. The van der Waals surface area contributed by atoms with Gasteiger partial charge in [0.15, 0.2) is 0 Å². The lowest BCUT2D eigenvalue weighted by molar-refractivity contribution is -0.135. The van der Waals surface area contributed by atoms with E-state index in [4.69, 9.17) is 17.3 Å². The highest BCUT2D eigenvalue weighted by Gasteiger charge is 2.31. The summed E-state index contributed by atoms with van der Waals surface area (Å²) in [7, 11) is 0. The van der Waals surface area contributed by atoms with Gasteiger partial charge in [0.1, 0.15) is 23.9 Å². The summed E-state index contributed by atoms with van der Waals surface area (Å²) in [5, 5.41) is 20.9. The summed E-state index contributed by atoms with van der Waals surface area (Å²) in [5.41, 5.74) is 8.47. The van der Waals surface area contributed by atoms with E-state index in [-0.39, 0.29) is 31.6 Å². The number of amides is 4. The zero-order valence-electron chi connectivity index (χ0n) is 21.5. The molecule has 1 aliphatic rings. The van der Waals surface area contributed by atoms with E-state index < -0.39 is 41.8 Å². The number of anilines is 1. The second kappa shape index (κ2) is 13.0. The third-order valence-electron chi connectivity index (χ3n) is 6.49. The molecule has 1 saturated heterocycles. The highest BCUT2D eigenvalue weighted by Crippen LogP contribution is 2.14. The number of hydrogen-bond acceptors (Lipinski definition) is 6. The number of hydrogen-bond donors (Lipinski definition) is 6. The standard InChI is InChI=1S/C29H30ClN5O5/c30-20-7-1-17(2-8-20)14-24-28(39)35-25(15-19-5-11-22(36)12-6-19)29(40)34-23(27(38)32-16-26(37)33-24)13-18-3-9-21(31)10-4-18/h1-12,23-25,36H,13-16,31H2,(H,32,38)(H,33,37)(H,34,40)(H,35,39)/t23-,24-,25-/m0/s1.